The van der Waals surface area contributed by atoms with Gasteiger partial charge in [-0.2, -0.15) is 0 Å². The van der Waals surface area contributed by atoms with Gasteiger partial charge in [-0.1, -0.05) is 62.4 Å². The van der Waals surface area contributed by atoms with Crippen molar-refractivity contribution in [3.05, 3.63) is 102 Å². The van der Waals surface area contributed by atoms with Crippen LogP contribution in [-0.4, -0.2) is 27.7 Å². The number of hydrogen-bond acceptors (Lipinski definition) is 3. The lowest BCUT2D eigenvalue weighted by atomic mass is 10.0. The molecular weight excluding hydrogens is 405 g/mol. The van der Waals surface area contributed by atoms with Gasteiger partial charge in [0.2, 0.25) is 11.8 Å². The molecule has 1 atom stereocenters. The lowest BCUT2D eigenvalue weighted by molar-refractivity contribution is -0.143. The van der Waals surface area contributed by atoms with E-state index in [9.17, 15) is 14.0 Å². The van der Waals surface area contributed by atoms with Gasteiger partial charge in [0.05, 0.1) is 12.2 Å². The Hall–Kier alpha value is -3.54. The standard InChI is InChI=1S/C26H28FN3O2/c1-19(2)26(32)30(18-21-11-13-22(27)14-12-21)24(16-20-8-4-3-5-9-20)25(31)29-17-23-10-6-7-15-28-23/h3-15,19,24H,16-18H2,1-2H3,(H,29,31)/t24-/m0/s1. The van der Waals surface area contributed by atoms with Crippen LogP contribution in [0.25, 0.3) is 0 Å². The fraction of sp³-hybridized carbons (Fsp3) is 0.269. The zero-order valence-electron chi connectivity index (χ0n) is 18.4. The average Bonchev–Trinajstić information content (AvgIpc) is 2.81. The van der Waals surface area contributed by atoms with Gasteiger partial charge >= 0.3 is 0 Å². The molecule has 2 amide bonds. The maximum absolute atomic E-state index is 13.4. The molecule has 0 radical (unpaired) electrons. The van der Waals surface area contributed by atoms with E-state index >= 15 is 0 Å². The zero-order chi connectivity index (χ0) is 22.9. The van der Waals surface area contributed by atoms with Crippen LogP contribution in [0.5, 0.6) is 0 Å². The summed E-state index contributed by atoms with van der Waals surface area (Å²) < 4.78 is 13.4. The van der Waals surface area contributed by atoms with E-state index in [0.717, 1.165) is 16.8 Å². The smallest absolute Gasteiger partial charge is 0.243 e. The van der Waals surface area contributed by atoms with Crippen molar-refractivity contribution in [1.29, 1.82) is 0 Å². The minimum atomic E-state index is -0.721. The third-order valence-electron chi connectivity index (χ3n) is 5.16. The van der Waals surface area contributed by atoms with Gasteiger partial charge in [-0.05, 0) is 35.4 Å². The number of nitrogens with zero attached hydrogens (tertiary/aromatic N) is 2. The van der Waals surface area contributed by atoms with Crippen molar-refractivity contribution in [2.24, 2.45) is 5.92 Å². The van der Waals surface area contributed by atoms with Gasteiger partial charge in [0.1, 0.15) is 11.9 Å². The topological polar surface area (TPSA) is 62.3 Å². The maximum atomic E-state index is 13.4. The van der Waals surface area contributed by atoms with Gasteiger partial charge in [0.25, 0.3) is 0 Å². The third-order valence-corrected chi connectivity index (χ3v) is 5.16. The first kappa shape index (κ1) is 23.1. The van der Waals surface area contributed by atoms with Gasteiger partial charge in [0.15, 0.2) is 0 Å². The molecule has 3 rings (SSSR count). The summed E-state index contributed by atoms with van der Waals surface area (Å²) in [6, 6.07) is 20.4. The number of halogens is 1. The molecule has 0 unspecified atom stereocenters. The van der Waals surface area contributed by atoms with Crippen molar-refractivity contribution in [1.82, 2.24) is 15.2 Å². The van der Waals surface area contributed by atoms with E-state index in [-0.39, 0.29) is 36.6 Å². The monoisotopic (exact) mass is 433 g/mol. The van der Waals surface area contributed by atoms with Crippen LogP contribution >= 0.6 is 0 Å². The third kappa shape index (κ3) is 6.48. The molecule has 166 valence electrons. The van der Waals surface area contributed by atoms with Crippen molar-refractivity contribution >= 4 is 11.8 Å². The van der Waals surface area contributed by atoms with Crippen molar-refractivity contribution in [3.8, 4) is 0 Å². The fourth-order valence-electron chi connectivity index (χ4n) is 3.44. The van der Waals surface area contributed by atoms with Crippen molar-refractivity contribution in [2.75, 3.05) is 0 Å². The molecule has 0 saturated heterocycles. The van der Waals surface area contributed by atoms with Crippen LogP contribution in [-0.2, 0) is 29.1 Å². The highest BCUT2D eigenvalue weighted by Gasteiger charge is 2.31. The van der Waals surface area contributed by atoms with Gasteiger partial charge in [-0.15, -0.1) is 0 Å². The first-order chi connectivity index (χ1) is 15.4. The van der Waals surface area contributed by atoms with Crippen LogP contribution in [0.3, 0.4) is 0 Å². The van der Waals surface area contributed by atoms with Crippen molar-refractivity contribution < 1.29 is 14.0 Å². The predicted molar refractivity (Wildman–Crippen MR) is 122 cm³/mol. The normalized spacial score (nSPS) is 11.8. The van der Waals surface area contributed by atoms with E-state index in [2.05, 4.69) is 10.3 Å². The lowest BCUT2D eigenvalue weighted by Gasteiger charge is -2.32. The Balaban J connectivity index is 1.89. The second kappa shape index (κ2) is 11.2. The minimum absolute atomic E-state index is 0.136. The van der Waals surface area contributed by atoms with E-state index in [0.29, 0.717) is 6.42 Å². The molecule has 1 heterocycles. The van der Waals surface area contributed by atoms with E-state index < -0.39 is 6.04 Å². The van der Waals surface area contributed by atoms with E-state index in [1.165, 1.54) is 12.1 Å². The van der Waals surface area contributed by atoms with Gasteiger partial charge in [-0.3, -0.25) is 14.6 Å². The summed E-state index contributed by atoms with van der Waals surface area (Å²) in [4.78, 5) is 32.4. The number of carbonyl (C=O) groups is 2. The molecule has 32 heavy (non-hydrogen) atoms. The molecule has 0 aliphatic carbocycles. The van der Waals surface area contributed by atoms with Gasteiger partial charge < -0.3 is 10.2 Å². The number of rotatable bonds is 9. The number of nitrogens with one attached hydrogen (secondary N) is 1. The van der Waals surface area contributed by atoms with Crippen molar-refractivity contribution in [2.45, 2.75) is 39.4 Å². The maximum Gasteiger partial charge on any atom is 0.243 e. The molecule has 0 aliphatic rings. The zero-order valence-corrected chi connectivity index (χ0v) is 18.4. The summed E-state index contributed by atoms with van der Waals surface area (Å²) >= 11 is 0. The summed E-state index contributed by atoms with van der Waals surface area (Å²) in [6.07, 6.45) is 2.04. The molecule has 0 bridgehead atoms. The van der Waals surface area contributed by atoms with Crippen LogP contribution in [0.4, 0.5) is 4.39 Å². The summed E-state index contributed by atoms with van der Waals surface area (Å²) in [5.74, 6) is -1.03. The number of carbonyl (C=O) groups excluding carboxylic acids is 2. The Bertz CT molecular complexity index is 1010. The highest BCUT2D eigenvalue weighted by molar-refractivity contribution is 5.88. The Morgan fingerprint density at radius 2 is 1.62 bits per heavy atom. The number of hydrogen-bond donors (Lipinski definition) is 1. The highest BCUT2D eigenvalue weighted by atomic mass is 19.1. The second-order valence-electron chi connectivity index (χ2n) is 7.99. The molecule has 5 nitrogen and oxygen atoms in total. The average molecular weight is 434 g/mol. The van der Waals surface area contributed by atoms with Crippen molar-refractivity contribution in [3.63, 3.8) is 0 Å². The summed E-state index contributed by atoms with van der Waals surface area (Å²) in [7, 11) is 0. The molecule has 0 spiro atoms. The predicted octanol–water partition coefficient (Wildman–Crippen LogP) is 4.13. The fourth-order valence-corrected chi connectivity index (χ4v) is 3.44. The Morgan fingerprint density at radius 1 is 0.938 bits per heavy atom. The van der Waals surface area contributed by atoms with E-state index in [1.54, 1.807) is 23.2 Å². The van der Waals surface area contributed by atoms with Crippen LogP contribution in [0.2, 0.25) is 0 Å². The number of amides is 2. The van der Waals surface area contributed by atoms with Crippen LogP contribution in [0.1, 0.15) is 30.7 Å². The Morgan fingerprint density at radius 3 is 2.25 bits per heavy atom. The summed E-state index contributed by atoms with van der Waals surface area (Å²) in [6.45, 7) is 4.10. The minimum Gasteiger partial charge on any atom is -0.349 e. The molecule has 6 heteroatoms. The molecule has 0 aliphatic heterocycles. The molecule has 1 N–H and O–H groups in total. The number of aromatic nitrogens is 1. The van der Waals surface area contributed by atoms with E-state index in [4.69, 9.17) is 0 Å². The number of pyridine rings is 1. The first-order valence-electron chi connectivity index (χ1n) is 10.7. The van der Waals surface area contributed by atoms with Gasteiger partial charge in [-0.25, -0.2) is 4.39 Å². The highest BCUT2D eigenvalue weighted by Crippen LogP contribution is 2.18. The molecule has 0 saturated carbocycles. The van der Waals surface area contributed by atoms with E-state index in [1.807, 2.05) is 62.4 Å². The molecule has 2 aromatic carbocycles. The second-order valence-corrected chi connectivity index (χ2v) is 7.99. The van der Waals surface area contributed by atoms with Crippen LogP contribution in [0.15, 0.2) is 79.0 Å². The Kier molecular flexibility index (Phi) is 8.08. The van der Waals surface area contributed by atoms with Crippen LogP contribution < -0.4 is 5.32 Å². The summed E-state index contributed by atoms with van der Waals surface area (Å²) in [5.41, 5.74) is 2.45. The largest absolute Gasteiger partial charge is 0.349 e. The lowest BCUT2D eigenvalue weighted by Crippen LogP contribution is -2.51. The quantitative estimate of drug-likeness (QED) is 0.552. The number of benzene rings is 2. The van der Waals surface area contributed by atoms with Crippen LogP contribution in [0, 0.1) is 11.7 Å². The molecule has 0 fully saturated rings. The van der Waals surface area contributed by atoms with Gasteiger partial charge in [0, 0.05) is 25.1 Å². The molecule has 1 aromatic heterocycles. The molecular formula is C26H28FN3O2. The summed E-state index contributed by atoms with van der Waals surface area (Å²) in [5, 5.41) is 2.93. The Labute approximate surface area is 188 Å². The SMILES string of the molecule is CC(C)C(=O)N(Cc1ccc(F)cc1)[C@@H](Cc1ccccc1)C(=O)NCc1ccccn1. The first-order valence-corrected chi connectivity index (χ1v) is 10.7. The molecule has 3 aromatic rings.